The van der Waals surface area contributed by atoms with E-state index in [1.807, 2.05) is 13.1 Å². The van der Waals surface area contributed by atoms with Crippen LogP contribution < -0.4 is 10.6 Å². The second-order valence-electron chi connectivity index (χ2n) is 5.17. The van der Waals surface area contributed by atoms with E-state index in [1.165, 1.54) is 19.3 Å². The molecule has 4 heteroatoms. The fourth-order valence-corrected chi connectivity index (χ4v) is 2.38. The molecule has 0 radical (unpaired) electrons. The maximum Gasteiger partial charge on any atom is 0.338 e. The van der Waals surface area contributed by atoms with E-state index < -0.39 is 0 Å². The Balaban J connectivity index is 2.13. The number of anilines is 2. The first kappa shape index (κ1) is 13.7. The number of nitrogens with two attached hydrogens (primary N) is 1. The number of carbonyl (C=O) groups excluding carboxylic acids is 1. The van der Waals surface area contributed by atoms with Gasteiger partial charge in [0, 0.05) is 13.6 Å². The molecule has 1 aliphatic carbocycles. The molecule has 0 aromatic heterocycles. The minimum absolute atomic E-state index is 0.291. The van der Waals surface area contributed by atoms with E-state index in [-0.39, 0.29) is 5.97 Å². The third-order valence-electron chi connectivity index (χ3n) is 3.71. The molecule has 0 saturated heterocycles. The van der Waals surface area contributed by atoms with Gasteiger partial charge in [0.25, 0.3) is 0 Å². The van der Waals surface area contributed by atoms with Crippen LogP contribution in [-0.4, -0.2) is 26.2 Å². The molecule has 4 nitrogen and oxygen atoms in total. The van der Waals surface area contributed by atoms with E-state index in [4.69, 9.17) is 10.5 Å². The number of ether oxygens (including phenoxy) is 1. The van der Waals surface area contributed by atoms with Crippen LogP contribution in [0.5, 0.6) is 0 Å². The molecule has 0 unspecified atom stereocenters. The lowest BCUT2D eigenvalue weighted by molar-refractivity contribution is 0.0526. The Bertz CT molecular complexity index is 455. The molecular formula is C15H22N2O2. The SMILES string of the molecule is CCOC(=O)c1ccc(N)c(N(C)CC2CCC2)c1. The number of rotatable bonds is 5. The summed E-state index contributed by atoms with van der Waals surface area (Å²) in [6.07, 6.45) is 3.92. The largest absolute Gasteiger partial charge is 0.462 e. The standard InChI is InChI=1S/C15H22N2O2/c1-3-19-15(18)12-7-8-13(16)14(9-12)17(2)10-11-5-4-6-11/h7-9,11H,3-6,10,16H2,1-2H3. The summed E-state index contributed by atoms with van der Waals surface area (Å²) >= 11 is 0. The summed E-state index contributed by atoms with van der Waals surface area (Å²) in [6.45, 7) is 3.19. The van der Waals surface area contributed by atoms with Gasteiger partial charge in [-0.3, -0.25) is 0 Å². The zero-order chi connectivity index (χ0) is 13.8. The fraction of sp³-hybridized carbons (Fsp3) is 0.533. The monoisotopic (exact) mass is 262 g/mol. The van der Waals surface area contributed by atoms with Crippen molar-refractivity contribution in [3.8, 4) is 0 Å². The number of hydrogen-bond acceptors (Lipinski definition) is 4. The van der Waals surface area contributed by atoms with Gasteiger partial charge in [0.15, 0.2) is 0 Å². The van der Waals surface area contributed by atoms with Crippen molar-refractivity contribution in [2.75, 3.05) is 30.8 Å². The van der Waals surface area contributed by atoms with E-state index in [2.05, 4.69) is 4.90 Å². The minimum Gasteiger partial charge on any atom is -0.462 e. The van der Waals surface area contributed by atoms with Gasteiger partial charge in [-0.25, -0.2) is 4.79 Å². The van der Waals surface area contributed by atoms with Crippen molar-refractivity contribution in [3.63, 3.8) is 0 Å². The Hall–Kier alpha value is -1.71. The van der Waals surface area contributed by atoms with Crippen LogP contribution in [0.2, 0.25) is 0 Å². The maximum atomic E-state index is 11.7. The summed E-state index contributed by atoms with van der Waals surface area (Å²) < 4.78 is 5.02. The third-order valence-corrected chi connectivity index (χ3v) is 3.71. The van der Waals surface area contributed by atoms with Crippen LogP contribution in [-0.2, 0) is 4.74 Å². The average molecular weight is 262 g/mol. The van der Waals surface area contributed by atoms with E-state index in [9.17, 15) is 4.79 Å². The average Bonchev–Trinajstić information content (AvgIpc) is 2.34. The molecule has 1 saturated carbocycles. The summed E-state index contributed by atoms with van der Waals surface area (Å²) in [4.78, 5) is 13.9. The number of carbonyl (C=O) groups is 1. The Morgan fingerprint density at radius 1 is 1.47 bits per heavy atom. The van der Waals surface area contributed by atoms with Crippen molar-refractivity contribution in [1.29, 1.82) is 0 Å². The van der Waals surface area contributed by atoms with Gasteiger partial charge in [-0.05, 0) is 43.9 Å². The van der Waals surface area contributed by atoms with Crippen LogP contribution in [0.3, 0.4) is 0 Å². The van der Waals surface area contributed by atoms with Gasteiger partial charge >= 0.3 is 5.97 Å². The van der Waals surface area contributed by atoms with Crippen LogP contribution in [0.1, 0.15) is 36.5 Å². The van der Waals surface area contributed by atoms with Crippen molar-refractivity contribution in [2.24, 2.45) is 5.92 Å². The van der Waals surface area contributed by atoms with Crippen molar-refractivity contribution in [1.82, 2.24) is 0 Å². The summed E-state index contributed by atoms with van der Waals surface area (Å²) in [5.41, 5.74) is 8.19. The Morgan fingerprint density at radius 2 is 2.21 bits per heavy atom. The molecule has 2 rings (SSSR count). The normalized spacial score (nSPS) is 14.8. The quantitative estimate of drug-likeness (QED) is 0.654. The van der Waals surface area contributed by atoms with E-state index in [0.717, 1.165) is 18.2 Å². The zero-order valence-electron chi connectivity index (χ0n) is 11.7. The van der Waals surface area contributed by atoms with Crippen LogP contribution in [0, 0.1) is 5.92 Å². The predicted octanol–water partition coefficient (Wildman–Crippen LogP) is 2.68. The number of nitrogen functional groups attached to an aromatic ring is 1. The first-order chi connectivity index (χ1) is 9.11. The Morgan fingerprint density at radius 3 is 2.79 bits per heavy atom. The highest BCUT2D eigenvalue weighted by Gasteiger charge is 2.20. The van der Waals surface area contributed by atoms with Crippen molar-refractivity contribution >= 4 is 17.3 Å². The van der Waals surface area contributed by atoms with Crippen LogP contribution in [0.25, 0.3) is 0 Å². The molecule has 1 fully saturated rings. The van der Waals surface area contributed by atoms with Gasteiger partial charge < -0.3 is 15.4 Å². The van der Waals surface area contributed by atoms with E-state index in [1.54, 1.807) is 19.1 Å². The highest BCUT2D eigenvalue weighted by molar-refractivity contribution is 5.92. The third kappa shape index (κ3) is 3.19. The molecule has 19 heavy (non-hydrogen) atoms. The van der Waals surface area contributed by atoms with Crippen LogP contribution >= 0.6 is 0 Å². The van der Waals surface area contributed by atoms with E-state index >= 15 is 0 Å². The highest BCUT2D eigenvalue weighted by Crippen LogP contribution is 2.30. The number of benzene rings is 1. The van der Waals surface area contributed by atoms with Gasteiger partial charge in [-0.2, -0.15) is 0 Å². The summed E-state index contributed by atoms with van der Waals surface area (Å²) in [5, 5.41) is 0. The molecular weight excluding hydrogens is 240 g/mol. The molecule has 0 spiro atoms. The van der Waals surface area contributed by atoms with Crippen molar-refractivity contribution in [3.05, 3.63) is 23.8 Å². The van der Waals surface area contributed by atoms with Gasteiger partial charge in [0.1, 0.15) is 0 Å². The predicted molar refractivity (Wildman–Crippen MR) is 77.4 cm³/mol. The first-order valence-electron chi connectivity index (χ1n) is 6.89. The molecule has 0 aliphatic heterocycles. The maximum absolute atomic E-state index is 11.7. The lowest BCUT2D eigenvalue weighted by Crippen LogP contribution is -2.29. The number of esters is 1. The number of nitrogens with zero attached hydrogens (tertiary/aromatic N) is 1. The van der Waals surface area contributed by atoms with Gasteiger partial charge in [-0.1, -0.05) is 6.42 Å². The van der Waals surface area contributed by atoms with Gasteiger partial charge in [0.05, 0.1) is 23.5 Å². The molecule has 2 N–H and O–H groups in total. The zero-order valence-corrected chi connectivity index (χ0v) is 11.7. The van der Waals surface area contributed by atoms with Crippen LogP contribution in [0.4, 0.5) is 11.4 Å². The fourth-order valence-electron chi connectivity index (χ4n) is 2.38. The molecule has 1 aromatic rings. The molecule has 0 bridgehead atoms. The van der Waals surface area contributed by atoms with Gasteiger partial charge in [0.2, 0.25) is 0 Å². The van der Waals surface area contributed by atoms with Crippen molar-refractivity contribution in [2.45, 2.75) is 26.2 Å². The lowest BCUT2D eigenvalue weighted by atomic mass is 9.85. The van der Waals surface area contributed by atoms with Crippen molar-refractivity contribution < 1.29 is 9.53 Å². The topological polar surface area (TPSA) is 55.6 Å². The van der Waals surface area contributed by atoms with Gasteiger partial charge in [-0.15, -0.1) is 0 Å². The second-order valence-corrected chi connectivity index (χ2v) is 5.17. The molecule has 1 aromatic carbocycles. The first-order valence-corrected chi connectivity index (χ1v) is 6.89. The Kier molecular flexibility index (Phi) is 4.30. The summed E-state index contributed by atoms with van der Waals surface area (Å²) in [6, 6.07) is 5.32. The highest BCUT2D eigenvalue weighted by atomic mass is 16.5. The Labute approximate surface area is 114 Å². The lowest BCUT2D eigenvalue weighted by Gasteiger charge is -2.32. The second kappa shape index (κ2) is 5.95. The smallest absolute Gasteiger partial charge is 0.338 e. The molecule has 1 aliphatic rings. The van der Waals surface area contributed by atoms with Crippen LogP contribution in [0.15, 0.2) is 18.2 Å². The molecule has 0 atom stereocenters. The summed E-state index contributed by atoms with van der Waals surface area (Å²) in [5.74, 6) is 0.469. The summed E-state index contributed by atoms with van der Waals surface area (Å²) in [7, 11) is 2.03. The molecule has 0 heterocycles. The molecule has 104 valence electrons. The number of hydrogen-bond donors (Lipinski definition) is 1. The minimum atomic E-state index is -0.291. The molecule has 0 amide bonds. The van der Waals surface area contributed by atoms with E-state index in [0.29, 0.717) is 17.9 Å².